The summed E-state index contributed by atoms with van der Waals surface area (Å²) in [5.41, 5.74) is 1.81. The molecular formula is C14H22ClNO2S. The average Bonchev–Trinajstić information content (AvgIpc) is 2.39. The summed E-state index contributed by atoms with van der Waals surface area (Å²) >= 11 is 5.72. The zero-order chi connectivity index (χ0) is 14.3. The summed E-state index contributed by atoms with van der Waals surface area (Å²) in [5.74, 6) is 0.512. The van der Waals surface area contributed by atoms with Crippen molar-refractivity contribution in [2.75, 3.05) is 13.1 Å². The molecule has 3 nitrogen and oxygen atoms in total. The van der Waals surface area contributed by atoms with Gasteiger partial charge < -0.3 is 0 Å². The number of unbranched alkanes of at least 4 members (excludes halogenated alkanes) is 1. The van der Waals surface area contributed by atoms with Gasteiger partial charge in [-0.1, -0.05) is 44.5 Å². The van der Waals surface area contributed by atoms with Gasteiger partial charge in [-0.15, -0.1) is 11.6 Å². The van der Waals surface area contributed by atoms with Gasteiger partial charge in [0.25, 0.3) is 0 Å². The lowest BCUT2D eigenvalue weighted by atomic mass is 10.2. The monoisotopic (exact) mass is 303 g/mol. The highest BCUT2D eigenvalue weighted by molar-refractivity contribution is 7.88. The first-order valence-corrected chi connectivity index (χ1v) is 8.79. The maximum Gasteiger partial charge on any atom is 0.218 e. The molecule has 0 bridgehead atoms. The van der Waals surface area contributed by atoms with Gasteiger partial charge in [-0.25, -0.2) is 12.7 Å². The molecule has 0 spiro atoms. The van der Waals surface area contributed by atoms with Crippen LogP contribution in [0.2, 0.25) is 0 Å². The Bertz CT molecular complexity index is 471. The molecule has 0 aliphatic carbocycles. The van der Waals surface area contributed by atoms with Crippen LogP contribution in [0.5, 0.6) is 0 Å². The van der Waals surface area contributed by atoms with Crippen molar-refractivity contribution in [3.8, 4) is 0 Å². The lowest BCUT2D eigenvalue weighted by Crippen LogP contribution is -2.32. The van der Waals surface area contributed by atoms with Crippen molar-refractivity contribution in [3.63, 3.8) is 0 Å². The molecule has 1 aromatic rings. The Labute approximate surface area is 121 Å². The SMILES string of the molecule is CCCCN(CC)S(=O)(=O)Cc1ccc(CCl)cc1. The molecule has 0 saturated carbocycles. The molecule has 0 aliphatic rings. The first-order valence-electron chi connectivity index (χ1n) is 6.65. The van der Waals surface area contributed by atoms with E-state index in [-0.39, 0.29) is 5.75 Å². The Balaban J connectivity index is 2.76. The van der Waals surface area contributed by atoms with Crippen molar-refractivity contribution in [2.24, 2.45) is 0 Å². The number of sulfonamides is 1. The smallest absolute Gasteiger partial charge is 0.212 e. The molecule has 0 radical (unpaired) electrons. The van der Waals surface area contributed by atoms with Crippen molar-refractivity contribution in [2.45, 2.75) is 38.3 Å². The molecule has 108 valence electrons. The number of alkyl halides is 1. The third-order valence-electron chi connectivity index (χ3n) is 3.03. The van der Waals surface area contributed by atoms with E-state index in [0.717, 1.165) is 24.0 Å². The first kappa shape index (κ1) is 16.5. The molecule has 0 aliphatic heterocycles. The number of halogens is 1. The lowest BCUT2D eigenvalue weighted by molar-refractivity contribution is 0.418. The van der Waals surface area contributed by atoms with Gasteiger partial charge in [0.15, 0.2) is 0 Å². The lowest BCUT2D eigenvalue weighted by Gasteiger charge is -2.20. The molecule has 0 unspecified atom stereocenters. The summed E-state index contributed by atoms with van der Waals surface area (Å²) in [4.78, 5) is 0. The second-order valence-corrected chi connectivity index (χ2v) is 6.79. The van der Waals surface area contributed by atoms with Gasteiger partial charge in [-0.3, -0.25) is 0 Å². The van der Waals surface area contributed by atoms with Crippen LogP contribution in [0.25, 0.3) is 0 Å². The Morgan fingerprint density at radius 1 is 1.11 bits per heavy atom. The summed E-state index contributed by atoms with van der Waals surface area (Å²) in [6.45, 7) is 5.08. The molecule has 5 heteroatoms. The molecule has 0 amide bonds. The summed E-state index contributed by atoms with van der Waals surface area (Å²) < 4.78 is 26.1. The Kier molecular flexibility index (Phi) is 6.83. The van der Waals surface area contributed by atoms with Gasteiger partial charge in [0.1, 0.15) is 0 Å². The molecule has 0 heterocycles. The predicted octanol–water partition coefficient (Wildman–Crippen LogP) is 3.38. The zero-order valence-corrected chi connectivity index (χ0v) is 13.2. The van der Waals surface area contributed by atoms with Crippen molar-refractivity contribution in [3.05, 3.63) is 35.4 Å². The van der Waals surface area contributed by atoms with E-state index in [1.165, 1.54) is 0 Å². The number of hydrogen-bond donors (Lipinski definition) is 0. The molecule has 19 heavy (non-hydrogen) atoms. The van der Waals surface area contributed by atoms with Crippen LogP contribution in [0.3, 0.4) is 0 Å². The number of hydrogen-bond acceptors (Lipinski definition) is 2. The minimum Gasteiger partial charge on any atom is -0.212 e. The highest BCUT2D eigenvalue weighted by Crippen LogP contribution is 2.13. The van der Waals surface area contributed by atoms with E-state index in [4.69, 9.17) is 11.6 Å². The van der Waals surface area contributed by atoms with Crippen LogP contribution in [0, 0.1) is 0 Å². The van der Waals surface area contributed by atoms with Gasteiger partial charge in [0.05, 0.1) is 5.75 Å². The average molecular weight is 304 g/mol. The van der Waals surface area contributed by atoms with E-state index in [1.807, 2.05) is 31.2 Å². The first-order chi connectivity index (χ1) is 9.03. The highest BCUT2D eigenvalue weighted by Gasteiger charge is 2.20. The van der Waals surface area contributed by atoms with Crippen LogP contribution in [0.4, 0.5) is 0 Å². The van der Waals surface area contributed by atoms with Crippen molar-refractivity contribution < 1.29 is 8.42 Å². The number of nitrogens with zero attached hydrogens (tertiary/aromatic N) is 1. The second-order valence-electron chi connectivity index (χ2n) is 4.55. The Morgan fingerprint density at radius 3 is 2.16 bits per heavy atom. The van der Waals surface area contributed by atoms with E-state index < -0.39 is 10.0 Å². The van der Waals surface area contributed by atoms with Crippen molar-refractivity contribution >= 4 is 21.6 Å². The summed E-state index contributed by atoms with van der Waals surface area (Å²) in [6, 6.07) is 7.42. The molecular weight excluding hydrogens is 282 g/mol. The van der Waals surface area contributed by atoms with Gasteiger partial charge >= 0.3 is 0 Å². The molecule has 0 atom stereocenters. The van der Waals surface area contributed by atoms with E-state index in [0.29, 0.717) is 19.0 Å². The van der Waals surface area contributed by atoms with Crippen LogP contribution < -0.4 is 0 Å². The van der Waals surface area contributed by atoms with E-state index in [1.54, 1.807) is 4.31 Å². The fraction of sp³-hybridized carbons (Fsp3) is 0.571. The third kappa shape index (κ3) is 5.13. The highest BCUT2D eigenvalue weighted by atomic mass is 35.5. The predicted molar refractivity (Wildman–Crippen MR) is 80.8 cm³/mol. The maximum absolute atomic E-state index is 12.3. The van der Waals surface area contributed by atoms with Crippen LogP contribution in [-0.4, -0.2) is 25.8 Å². The Hall–Kier alpha value is -0.580. The van der Waals surface area contributed by atoms with Crippen LogP contribution in [0.1, 0.15) is 37.8 Å². The Morgan fingerprint density at radius 2 is 1.68 bits per heavy atom. The standard InChI is InChI=1S/C14H22ClNO2S/c1-3-5-10-16(4-2)19(17,18)12-14-8-6-13(11-15)7-9-14/h6-9H,3-5,10-12H2,1-2H3. The van der Waals surface area contributed by atoms with Gasteiger partial charge in [-0.2, -0.15) is 0 Å². The van der Waals surface area contributed by atoms with E-state index in [9.17, 15) is 8.42 Å². The van der Waals surface area contributed by atoms with Crippen LogP contribution in [-0.2, 0) is 21.7 Å². The molecule has 0 aromatic heterocycles. The normalized spacial score (nSPS) is 12.0. The van der Waals surface area contributed by atoms with Crippen molar-refractivity contribution in [1.29, 1.82) is 0 Å². The quantitative estimate of drug-likeness (QED) is 0.690. The fourth-order valence-electron chi connectivity index (χ4n) is 1.85. The van der Waals surface area contributed by atoms with Crippen molar-refractivity contribution in [1.82, 2.24) is 4.31 Å². The minimum atomic E-state index is -3.22. The number of rotatable bonds is 8. The minimum absolute atomic E-state index is 0.0626. The van der Waals surface area contributed by atoms with Gasteiger partial charge in [-0.05, 0) is 17.5 Å². The van der Waals surface area contributed by atoms with Crippen LogP contribution >= 0.6 is 11.6 Å². The summed E-state index contributed by atoms with van der Waals surface area (Å²) in [6.07, 6.45) is 1.90. The van der Waals surface area contributed by atoms with Gasteiger partial charge in [0.2, 0.25) is 10.0 Å². The summed E-state index contributed by atoms with van der Waals surface area (Å²) in [7, 11) is -3.22. The molecule has 0 saturated heterocycles. The van der Waals surface area contributed by atoms with E-state index >= 15 is 0 Å². The van der Waals surface area contributed by atoms with E-state index in [2.05, 4.69) is 6.92 Å². The second kappa shape index (κ2) is 7.88. The molecule has 1 aromatic carbocycles. The fourth-order valence-corrected chi connectivity index (χ4v) is 3.63. The topological polar surface area (TPSA) is 37.4 Å². The van der Waals surface area contributed by atoms with Crippen LogP contribution in [0.15, 0.2) is 24.3 Å². The molecule has 1 rings (SSSR count). The summed E-state index contributed by atoms with van der Waals surface area (Å²) in [5, 5.41) is 0. The largest absolute Gasteiger partial charge is 0.218 e. The number of benzene rings is 1. The molecule has 0 fully saturated rings. The zero-order valence-electron chi connectivity index (χ0n) is 11.6. The molecule has 0 N–H and O–H groups in total. The van der Waals surface area contributed by atoms with Gasteiger partial charge in [0, 0.05) is 19.0 Å². The maximum atomic E-state index is 12.3. The third-order valence-corrected chi connectivity index (χ3v) is 5.27.